The number of carboxylic acid groups (broad SMARTS) is 1. The standard InChI is InChI=1S/C9H12N2O5S/c1-9(11,16-17(14)15)5-2-3-7(10)6(4-5)8(12)13/h2-4,17H,10-11H2,1H3,(H,12,13). The number of aromatic carboxylic acids is 1. The number of rotatable bonds is 4. The highest BCUT2D eigenvalue weighted by molar-refractivity contribution is 7.67. The summed E-state index contributed by atoms with van der Waals surface area (Å²) in [5.74, 6) is -1.23. The maximum Gasteiger partial charge on any atom is 0.337 e. The van der Waals surface area contributed by atoms with Crippen LogP contribution in [-0.2, 0) is 20.9 Å². The molecular weight excluding hydrogens is 248 g/mol. The van der Waals surface area contributed by atoms with E-state index < -0.39 is 22.7 Å². The molecule has 0 bridgehead atoms. The van der Waals surface area contributed by atoms with Crippen LogP contribution in [0.4, 0.5) is 5.69 Å². The monoisotopic (exact) mass is 260 g/mol. The molecule has 0 saturated carbocycles. The number of carbonyl (C=O) groups is 1. The second-order valence-corrected chi connectivity index (χ2v) is 4.16. The molecule has 17 heavy (non-hydrogen) atoms. The number of hydrogen-bond donors (Lipinski definition) is 4. The molecule has 8 heteroatoms. The maximum atomic E-state index is 10.8. The normalized spacial score (nSPS) is 14.5. The Morgan fingerprint density at radius 1 is 1.47 bits per heavy atom. The minimum Gasteiger partial charge on any atom is -0.478 e. The molecule has 0 fully saturated rings. The van der Waals surface area contributed by atoms with Crippen molar-refractivity contribution in [2.75, 3.05) is 5.73 Å². The Kier molecular flexibility index (Phi) is 3.71. The van der Waals surface area contributed by atoms with Crippen molar-refractivity contribution in [1.82, 2.24) is 0 Å². The second-order valence-electron chi connectivity index (χ2n) is 3.53. The number of anilines is 1. The molecule has 0 aliphatic heterocycles. The van der Waals surface area contributed by atoms with Crippen molar-refractivity contribution in [2.45, 2.75) is 12.6 Å². The molecule has 1 atom stereocenters. The van der Waals surface area contributed by atoms with Gasteiger partial charge in [-0.15, -0.1) is 0 Å². The van der Waals surface area contributed by atoms with E-state index in [2.05, 4.69) is 4.18 Å². The van der Waals surface area contributed by atoms with Crippen molar-refractivity contribution in [1.29, 1.82) is 0 Å². The predicted octanol–water partition coefficient (Wildman–Crippen LogP) is -0.359. The third-order valence-electron chi connectivity index (χ3n) is 2.12. The summed E-state index contributed by atoms with van der Waals surface area (Å²) < 4.78 is 25.4. The first-order chi connectivity index (χ1) is 7.74. The Bertz CT molecular complexity index is 516. The first-order valence-electron chi connectivity index (χ1n) is 4.49. The molecule has 0 amide bonds. The van der Waals surface area contributed by atoms with Crippen molar-refractivity contribution in [3.05, 3.63) is 29.3 Å². The van der Waals surface area contributed by atoms with E-state index in [0.29, 0.717) is 0 Å². The number of thiol groups is 1. The number of nitrogen functional groups attached to an aromatic ring is 1. The average molecular weight is 260 g/mol. The molecule has 5 N–H and O–H groups in total. The van der Waals surface area contributed by atoms with E-state index in [1.807, 2.05) is 0 Å². The van der Waals surface area contributed by atoms with E-state index >= 15 is 0 Å². The van der Waals surface area contributed by atoms with Gasteiger partial charge in [0.15, 0.2) is 5.72 Å². The van der Waals surface area contributed by atoms with Crippen LogP contribution >= 0.6 is 0 Å². The van der Waals surface area contributed by atoms with Crippen LogP contribution in [0.2, 0.25) is 0 Å². The zero-order valence-corrected chi connectivity index (χ0v) is 9.81. The first-order valence-corrected chi connectivity index (χ1v) is 5.59. The van der Waals surface area contributed by atoms with Crippen LogP contribution in [0.5, 0.6) is 0 Å². The van der Waals surface area contributed by atoms with Gasteiger partial charge in [-0.05, 0) is 19.1 Å². The fourth-order valence-electron chi connectivity index (χ4n) is 1.26. The minimum atomic E-state index is -3.15. The lowest BCUT2D eigenvalue weighted by Gasteiger charge is -2.22. The molecule has 0 saturated heterocycles. The van der Waals surface area contributed by atoms with E-state index in [-0.39, 0.29) is 16.8 Å². The van der Waals surface area contributed by atoms with Gasteiger partial charge < -0.3 is 10.8 Å². The Morgan fingerprint density at radius 2 is 2.06 bits per heavy atom. The first kappa shape index (κ1) is 13.4. The summed E-state index contributed by atoms with van der Waals surface area (Å²) in [7, 11) is -3.15. The Labute approximate surface area is 99.1 Å². The smallest absolute Gasteiger partial charge is 0.337 e. The van der Waals surface area contributed by atoms with Gasteiger partial charge in [-0.25, -0.2) is 17.4 Å². The Hall–Kier alpha value is -1.64. The van der Waals surface area contributed by atoms with Crippen LogP contribution in [0.25, 0.3) is 0 Å². The van der Waals surface area contributed by atoms with Crippen molar-refractivity contribution in [3.8, 4) is 0 Å². The number of benzene rings is 1. The second kappa shape index (κ2) is 4.70. The van der Waals surface area contributed by atoms with Gasteiger partial charge in [-0.1, -0.05) is 6.07 Å². The Balaban J connectivity index is 3.24. The van der Waals surface area contributed by atoms with E-state index in [1.54, 1.807) is 0 Å². The fourth-order valence-corrected chi connectivity index (χ4v) is 1.67. The summed E-state index contributed by atoms with van der Waals surface area (Å²) in [6.45, 7) is 1.30. The highest BCUT2D eigenvalue weighted by Gasteiger charge is 2.25. The third-order valence-corrected chi connectivity index (χ3v) is 2.65. The van der Waals surface area contributed by atoms with Crippen molar-refractivity contribution in [2.24, 2.45) is 5.73 Å². The van der Waals surface area contributed by atoms with Crippen molar-refractivity contribution >= 4 is 22.6 Å². The molecule has 94 valence electrons. The van der Waals surface area contributed by atoms with Crippen LogP contribution < -0.4 is 11.5 Å². The van der Waals surface area contributed by atoms with Gasteiger partial charge in [-0.2, -0.15) is 0 Å². The van der Waals surface area contributed by atoms with Crippen LogP contribution in [0.1, 0.15) is 22.8 Å². The van der Waals surface area contributed by atoms with E-state index in [1.165, 1.54) is 25.1 Å². The van der Waals surface area contributed by atoms with E-state index in [0.717, 1.165) is 0 Å². The molecule has 1 rings (SSSR count). The lowest BCUT2D eigenvalue weighted by molar-refractivity contribution is 0.0697. The summed E-state index contributed by atoms with van der Waals surface area (Å²) >= 11 is 0. The van der Waals surface area contributed by atoms with Gasteiger partial charge in [0.25, 0.3) is 11.0 Å². The molecule has 0 aromatic heterocycles. The topological polar surface area (TPSA) is 133 Å². The molecule has 0 aliphatic rings. The molecule has 7 nitrogen and oxygen atoms in total. The fraction of sp³-hybridized carbons (Fsp3) is 0.222. The summed E-state index contributed by atoms with van der Waals surface area (Å²) in [6, 6.07) is 3.90. The minimum absolute atomic E-state index is 0.0589. The summed E-state index contributed by atoms with van der Waals surface area (Å²) in [6.07, 6.45) is 0. The molecule has 0 aliphatic carbocycles. The molecule has 0 spiro atoms. The summed E-state index contributed by atoms with van der Waals surface area (Å²) in [5, 5.41) is 8.86. The highest BCUT2D eigenvalue weighted by Crippen LogP contribution is 2.23. The van der Waals surface area contributed by atoms with Crippen LogP contribution in [0.3, 0.4) is 0 Å². The molecule has 0 radical (unpaired) electrons. The molecule has 1 aromatic rings. The largest absolute Gasteiger partial charge is 0.478 e. The lowest BCUT2D eigenvalue weighted by atomic mass is 10.0. The summed E-state index contributed by atoms with van der Waals surface area (Å²) in [4.78, 5) is 10.8. The number of carboxylic acids is 1. The predicted molar refractivity (Wildman–Crippen MR) is 60.8 cm³/mol. The van der Waals surface area contributed by atoms with E-state index in [9.17, 15) is 13.2 Å². The quantitative estimate of drug-likeness (QED) is 0.330. The molecule has 1 aromatic carbocycles. The van der Waals surface area contributed by atoms with Gasteiger partial charge in [-0.3, -0.25) is 5.73 Å². The van der Waals surface area contributed by atoms with Crippen molar-refractivity contribution in [3.63, 3.8) is 0 Å². The van der Waals surface area contributed by atoms with Gasteiger partial charge in [0.1, 0.15) is 0 Å². The lowest BCUT2D eigenvalue weighted by Crippen LogP contribution is -2.36. The van der Waals surface area contributed by atoms with Gasteiger partial charge in [0, 0.05) is 11.3 Å². The van der Waals surface area contributed by atoms with Crippen molar-refractivity contribution < 1.29 is 22.5 Å². The Morgan fingerprint density at radius 3 is 2.53 bits per heavy atom. The third kappa shape index (κ3) is 3.16. The van der Waals surface area contributed by atoms with E-state index in [4.69, 9.17) is 16.6 Å². The van der Waals surface area contributed by atoms with Crippen LogP contribution in [0.15, 0.2) is 18.2 Å². The number of hydrogen-bond acceptors (Lipinski definition) is 6. The van der Waals surface area contributed by atoms with Crippen LogP contribution in [-0.4, -0.2) is 19.5 Å². The molecule has 1 unspecified atom stereocenters. The molecule has 0 heterocycles. The summed E-state index contributed by atoms with van der Waals surface area (Å²) in [5.41, 5.74) is 9.53. The van der Waals surface area contributed by atoms with Gasteiger partial charge >= 0.3 is 5.97 Å². The van der Waals surface area contributed by atoms with Gasteiger partial charge in [0.2, 0.25) is 0 Å². The number of nitrogens with two attached hydrogens (primary N) is 2. The molecular formula is C9H12N2O5S. The average Bonchev–Trinajstić information content (AvgIpc) is 2.15. The maximum absolute atomic E-state index is 10.8. The SMILES string of the molecule is CC(N)(O[SH](=O)=O)c1ccc(N)c(C(=O)O)c1. The zero-order chi connectivity index (χ0) is 13.2. The zero-order valence-electron chi connectivity index (χ0n) is 8.91. The van der Waals surface area contributed by atoms with Gasteiger partial charge in [0.05, 0.1) is 5.56 Å². The highest BCUT2D eigenvalue weighted by atomic mass is 32.2. The van der Waals surface area contributed by atoms with Crippen LogP contribution in [0, 0.1) is 0 Å².